The third kappa shape index (κ3) is 1.83. The minimum atomic E-state index is 0.236. The molecule has 4 heteroatoms. The molecule has 4 nitrogen and oxygen atoms in total. The van der Waals surface area contributed by atoms with E-state index in [9.17, 15) is 0 Å². The molecule has 0 saturated heterocycles. The predicted molar refractivity (Wildman–Crippen MR) is 32.4 cm³/mol. The van der Waals surface area contributed by atoms with Crippen LogP contribution in [0.15, 0.2) is 18.5 Å². The van der Waals surface area contributed by atoms with E-state index in [1.165, 1.54) is 0 Å². The summed E-state index contributed by atoms with van der Waals surface area (Å²) in [5.74, 6) is 0. The van der Waals surface area contributed by atoms with E-state index in [0.717, 1.165) is 0 Å². The highest BCUT2D eigenvalue weighted by molar-refractivity contribution is 4.76. The fraction of sp³-hybridized carbons (Fsp3) is 0.400. The van der Waals surface area contributed by atoms with Crippen molar-refractivity contribution in [1.29, 1.82) is 0 Å². The summed E-state index contributed by atoms with van der Waals surface area (Å²) in [7, 11) is 0. The fourth-order valence-corrected chi connectivity index (χ4v) is 0.523. The zero-order valence-corrected chi connectivity index (χ0v) is 5.03. The Balaban J connectivity index is 2.30. The number of hydrogen-bond acceptors (Lipinski definition) is 3. The lowest BCUT2D eigenvalue weighted by Gasteiger charge is -1.98. The second-order valence-electron chi connectivity index (χ2n) is 1.55. The summed E-state index contributed by atoms with van der Waals surface area (Å²) in [6, 6.07) is 1.83. The Bertz CT molecular complexity index is 149. The van der Waals surface area contributed by atoms with Gasteiger partial charge in [-0.3, -0.25) is 0 Å². The Morgan fingerprint density at radius 3 is 3.11 bits per heavy atom. The van der Waals surface area contributed by atoms with Gasteiger partial charge in [-0.05, 0) is 6.07 Å². The highest BCUT2D eigenvalue weighted by Crippen LogP contribution is 1.83. The molecule has 50 valence electrons. The van der Waals surface area contributed by atoms with Gasteiger partial charge >= 0.3 is 0 Å². The molecule has 1 heterocycles. The van der Waals surface area contributed by atoms with Crippen molar-refractivity contribution in [2.75, 3.05) is 6.73 Å². The Morgan fingerprint density at radius 1 is 1.67 bits per heavy atom. The average molecular weight is 127 g/mol. The molecule has 0 aliphatic heterocycles. The van der Waals surface area contributed by atoms with Gasteiger partial charge in [0.1, 0.15) is 6.73 Å². The minimum absolute atomic E-state index is 0.236. The molecule has 9 heavy (non-hydrogen) atoms. The molecule has 0 aliphatic carbocycles. The summed E-state index contributed by atoms with van der Waals surface area (Å²) in [4.78, 5) is 0. The van der Waals surface area contributed by atoms with Gasteiger partial charge in [0.15, 0.2) is 0 Å². The van der Waals surface area contributed by atoms with Crippen molar-refractivity contribution >= 4 is 0 Å². The van der Waals surface area contributed by atoms with Gasteiger partial charge in [0, 0.05) is 12.4 Å². The highest BCUT2D eigenvalue weighted by atomic mass is 16.5. The standard InChI is InChI=1S/C5H9N3O/c6-4-9-5-8-3-1-2-7-8/h1-3H,4-6H2. The van der Waals surface area contributed by atoms with Crippen molar-refractivity contribution in [2.45, 2.75) is 6.73 Å². The third-order valence-electron chi connectivity index (χ3n) is 0.901. The maximum Gasteiger partial charge on any atom is 0.141 e. The van der Waals surface area contributed by atoms with Crippen LogP contribution in [-0.4, -0.2) is 16.5 Å². The number of nitrogens with two attached hydrogens (primary N) is 1. The molecule has 1 aromatic rings. The molecule has 0 fully saturated rings. The molecule has 0 unspecified atom stereocenters. The summed E-state index contributed by atoms with van der Waals surface area (Å²) in [5, 5.41) is 3.89. The largest absolute Gasteiger partial charge is 0.344 e. The van der Waals surface area contributed by atoms with Crippen molar-refractivity contribution < 1.29 is 4.74 Å². The van der Waals surface area contributed by atoms with E-state index in [4.69, 9.17) is 10.5 Å². The van der Waals surface area contributed by atoms with Gasteiger partial charge in [0.05, 0.1) is 6.73 Å². The van der Waals surface area contributed by atoms with Gasteiger partial charge in [-0.1, -0.05) is 0 Å². The maximum absolute atomic E-state index is 5.08. The number of hydrogen-bond donors (Lipinski definition) is 1. The van der Waals surface area contributed by atoms with Gasteiger partial charge in [0.2, 0.25) is 0 Å². The van der Waals surface area contributed by atoms with Crippen LogP contribution in [0.25, 0.3) is 0 Å². The molecule has 1 aromatic heterocycles. The van der Waals surface area contributed by atoms with Crippen LogP contribution in [0, 0.1) is 0 Å². The maximum atomic E-state index is 5.08. The Labute approximate surface area is 53.2 Å². The highest BCUT2D eigenvalue weighted by Gasteiger charge is 1.84. The normalized spacial score (nSPS) is 9.89. The Kier molecular flexibility index (Phi) is 2.23. The van der Waals surface area contributed by atoms with Crippen LogP contribution in [0.1, 0.15) is 0 Å². The van der Waals surface area contributed by atoms with E-state index in [1.807, 2.05) is 12.3 Å². The molecule has 0 aromatic carbocycles. The van der Waals surface area contributed by atoms with Crippen LogP contribution in [-0.2, 0) is 11.5 Å². The summed E-state index contributed by atoms with van der Waals surface area (Å²) in [6.45, 7) is 0.670. The van der Waals surface area contributed by atoms with Crippen LogP contribution in [0.2, 0.25) is 0 Å². The second kappa shape index (κ2) is 3.21. The van der Waals surface area contributed by atoms with Crippen LogP contribution < -0.4 is 5.73 Å². The molecule has 0 bridgehead atoms. The third-order valence-corrected chi connectivity index (χ3v) is 0.901. The van der Waals surface area contributed by atoms with E-state index >= 15 is 0 Å². The zero-order chi connectivity index (χ0) is 6.53. The lowest BCUT2D eigenvalue weighted by Crippen LogP contribution is -2.09. The molecule has 0 atom stereocenters. The quantitative estimate of drug-likeness (QED) is 0.571. The van der Waals surface area contributed by atoms with Gasteiger partial charge in [-0.2, -0.15) is 5.10 Å². The first-order valence-corrected chi connectivity index (χ1v) is 2.68. The second-order valence-corrected chi connectivity index (χ2v) is 1.55. The minimum Gasteiger partial charge on any atom is -0.344 e. The first-order chi connectivity index (χ1) is 4.43. The Hall–Kier alpha value is -0.870. The molecule has 0 amide bonds. The van der Waals surface area contributed by atoms with E-state index in [1.54, 1.807) is 10.9 Å². The van der Waals surface area contributed by atoms with Crippen molar-refractivity contribution in [1.82, 2.24) is 9.78 Å². The molecule has 2 N–H and O–H groups in total. The molecule has 0 aliphatic rings. The van der Waals surface area contributed by atoms with Crippen LogP contribution in [0.4, 0.5) is 0 Å². The first-order valence-electron chi connectivity index (χ1n) is 2.68. The number of aromatic nitrogens is 2. The smallest absolute Gasteiger partial charge is 0.141 e. The lowest BCUT2D eigenvalue weighted by atomic mass is 10.8. The molecule has 1 rings (SSSR count). The summed E-state index contributed by atoms with van der Waals surface area (Å²) < 4.78 is 6.52. The fourth-order valence-electron chi connectivity index (χ4n) is 0.523. The molecular weight excluding hydrogens is 118 g/mol. The van der Waals surface area contributed by atoms with E-state index in [2.05, 4.69) is 5.10 Å². The summed E-state index contributed by atoms with van der Waals surface area (Å²) in [5.41, 5.74) is 5.08. The van der Waals surface area contributed by atoms with E-state index in [-0.39, 0.29) is 6.73 Å². The van der Waals surface area contributed by atoms with Crippen molar-refractivity contribution in [3.05, 3.63) is 18.5 Å². The topological polar surface area (TPSA) is 53.1 Å². The monoisotopic (exact) mass is 127 g/mol. The van der Waals surface area contributed by atoms with Gasteiger partial charge in [0.25, 0.3) is 0 Å². The van der Waals surface area contributed by atoms with Crippen molar-refractivity contribution in [2.24, 2.45) is 5.73 Å². The van der Waals surface area contributed by atoms with Crippen LogP contribution in [0.5, 0.6) is 0 Å². The van der Waals surface area contributed by atoms with Crippen LogP contribution in [0.3, 0.4) is 0 Å². The first kappa shape index (κ1) is 6.25. The summed E-state index contributed by atoms with van der Waals surface area (Å²) in [6.07, 6.45) is 3.51. The van der Waals surface area contributed by atoms with E-state index in [0.29, 0.717) is 6.73 Å². The number of rotatable bonds is 3. The molecule has 0 spiro atoms. The number of ether oxygens (including phenoxy) is 1. The zero-order valence-electron chi connectivity index (χ0n) is 5.03. The Morgan fingerprint density at radius 2 is 2.56 bits per heavy atom. The molecule has 0 radical (unpaired) electrons. The van der Waals surface area contributed by atoms with Gasteiger partial charge < -0.3 is 10.5 Å². The van der Waals surface area contributed by atoms with Crippen molar-refractivity contribution in [3.8, 4) is 0 Å². The van der Waals surface area contributed by atoms with Crippen molar-refractivity contribution in [3.63, 3.8) is 0 Å². The van der Waals surface area contributed by atoms with Crippen LogP contribution >= 0.6 is 0 Å². The lowest BCUT2D eigenvalue weighted by molar-refractivity contribution is 0.0739. The van der Waals surface area contributed by atoms with Gasteiger partial charge in [-0.25, -0.2) is 4.68 Å². The van der Waals surface area contributed by atoms with Gasteiger partial charge in [-0.15, -0.1) is 0 Å². The predicted octanol–water partition coefficient (Wildman–Crippen LogP) is -0.227. The SMILES string of the molecule is NCOCn1cccn1. The average Bonchev–Trinajstić information content (AvgIpc) is 2.34. The van der Waals surface area contributed by atoms with E-state index < -0.39 is 0 Å². The number of nitrogens with zero attached hydrogens (tertiary/aromatic N) is 2. The summed E-state index contributed by atoms with van der Waals surface area (Å²) >= 11 is 0. The molecule has 0 saturated carbocycles. The molecular formula is C5H9N3O.